The van der Waals surface area contributed by atoms with Crippen LogP contribution in [0.5, 0.6) is 5.75 Å². The molecule has 2 aromatic carbocycles. The summed E-state index contributed by atoms with van der Waals surface area (Å²) in [6.45, 7) is 8.28. The molecule has 0 aliphatic carbocycles. The molecule has 0 aliphatic rings. The van der Waals surface area contributed by atoms with Crippen molar-refractivity contribution < 1.29 is 14.3 Å². The van der Waals surface area contributed by atoms with E-state index in [1.807, 2.05) is 57.2 Å². The Balaban J connectivity index is 1.90. The number of hydrogen-bond donors (Lipinski definition) is 2. The summed E-state index contributed by atoms with van der Waals surface area (Å²) in [5.41, 5.74) is 3.66. The fourth-order valence-corrected chi connectivity index (χ4v) is 3.42. The lowest BCUT2D eigenvalue weighted by Crippen LogP contribution is -2.26. The molecule has 2 amide bonds. The van der Waals surface area contributed by atoms with Crippen molar-refractivity contribution >= 4 is 35.0 Å². The van der Waals surface area contributed by atoms with Crippen molar-refractivity contribution in [2.75, 3.05) is 23.0 Å². The molecule has 0 radical (unpaired) electrons. The molecule has 0 bridgehead atoms. The first-order chi connectivity index (χ1) is 13.5. The van der Waals surface area contributed by atoms with Crippen molar-refractivity contribution in [3.63, 3.8) is 0 Å². The quantitative estimate of drug-likeness (QED) is 0.643. The van der Waals surface area contributed by atoms with E-state index in [0.29, 0.717) is 18.0 Å². The maximum Gasteiger partial charge on any atom is 0.237 e. The third-order valence-corrected chi connectivity index (χ3v) is 5.43. The molecular weight excluding hydrogens is 372 g/mol. The molecule has 0 unspecified atom stereocenters. The average molecular weight is 401 g/mol. The molecule has 0 aliphatic heterocycles. The highest BCUT2D eigenvalue weighted by Crippen LogP contribution is 2.25. The first kappa shape index (κ1) is 21.8. The summed E-state index contributed by atoms with van der Waals surface area (Å²) in [5.74, 6) is 0.558. The first-order valence-corrected chi connectivity index (χ1v) is 10.5. The monoisotopic (exact) mass is 400 g/mol. The van der Waals surface area contributed by atoms with Gasteiger partial charge in [-0.1, -0.05) is 37.3 Å². The van der Waals surface area contributed by atoms with Crippen molar-refractivity contribution in [2.45, 2.75) is 39.4 Å². The van der Waals surface area contributed by atoms with Gasteiger partial charge < -0.3 is 15.4 Å². The lowest BCUT2D eigenvalue weighted by Gasteiger charge is -2.16. The lowest BCUT2D eigenvalue weighted by molar-refractivity contribution is -0.115. The van der Waals surface area contributed by atoms with Gasteiger partial charge in [-0.2, -0.15) is 0 Å². The predicted molar refractivity (Wildman–Crippen MR) is 117 cm³/mol. The van der Waals surface area contributed by atoms with Crippen LogP contribution in [0.4, 0.5) is 11.4 Å². The van der Waals surface area contributed by atoms with E-state index in [9.17, 15) is 9.59 Å². The highest BCUT2D eigenvalue weighted by molar-refractivity contribution is 8.01. The molecular formula is C22H28N2O3S. The number of aryl methyl sites for hydroxylation is 2. The van der Waals surface area contributed by atoms with Crippen LogP contribution in [0.15, 0.2) is 42.5 Å². The predicted octanol–water partition coefficient (Wildman–Crippen LogP) is 4.66. The Morgan fingerprint density at radius 3 is 2.54 bits per heavy atom. The number of ether oxygens (including phenoxy) is 1. The topological polar surface area (TPSA) is 67.4 Å². The third-order valence-electron chi connectivity index (χ3n) is 4.28. The summed E-state index contributed by atoms with van der Waals surface area (Å²) < 4.78 is 5.52. The number of carbonyl (C=O) groups is 2. The molecule has 0 aromatic heterocycles. The maximum atomic E-state index is 12.6. The van der Waals surface area contributed by atoms with E-state index in [2.05, 4.69) is 17.6 Å². The summed E-state index contributed by atoms with van der Waals surface area (Å²) in [5, 5.41) is 5.52. The Bertz CT molecular complexity index is 823. The molecule has 0 saturated carbocycles. The van der Waals surface area contributed by atoms with Gasteiger partial charge in [-0.05, 0) is 50.5 Å². The van der Waals surface area contributed by atoms with Gasteiger partial charge in [0.2, 0.25) is 11.8 Å². The van der Waals surface area contributed by atoms with E-state index >= 15 is 0 Å². The molecule has 2 N–H and O–H groups in total. The summed E-state index contributed by atoms with van der Waals surface area (Å²) in [4.78, 5) is 24.8. The Morgan fingerprint density at radius 2 is 1.82 bits per heavy atom. The van der Waals surface area contributed by atoms with Crippen LogP contribution >= 0.6 is 11.8 Å². The zero-order chi connectivity index (χ0) is 20.5. The van der Waals surface area contributed by atoms with Crippen molar-refractivity contribution in [1.29, 1.82) is 0 Å². The summed E-state index contributed by atoms with van der Waals surface area (Å²) in [7, 11) is 0. The molecule has 0 saturated heterocycles. The Morgan fingerprint density at radius 1 is 1.07 bits per heavy atom. The number of benzene rings is 2. The van der Waals surface area contributed by atoms with Gasteiger partial charge in [-0.3, -0.25) is 9.59 Å². The van der Waals surface area contributed by atoms with E-state index in [4.69, 9.17) is 4.74 Å². The van der Waals surface area contributed by atoms with Gasteiger partial charge in [-0.25, -0.2) is 0 Å². The van der Waals surface area contributed by atoms with Crippen LogP contribution in [-0.2, 0) is 16.0 Å². The number of thioether (sulfide) groups is 1. The number of hydrogen-bond acceptors (Lipinski definition) is 4. The molecule has 1 atom stereocenters. The van der Waals surface area contributed by atoms with Crippen LogP contribution in [0, 0.1) is 6.92 Å². The second-order valence-corrected chi connectivity index (χ2v) is 7.71. The minimum atomic E-state index is -0.350. The zero-order valence-corrected chi connectivity index (χ0v) is 17.7. The Kier molecular flexibility index (Phi) is 8.39. The molecule has 0 fully saturated rings. The van der Waals surface area contributed by atoms with Gasteiger partial charge in [-0.15, -0.1) is 11.8 Å². The third kappa shape index (κ3) is 6.02. The maximum absolute atomic E-state index is 12.6. The SMILES string of the molecule is CCOc1ccccc1NC(=O)CS[C@H](C)C(=O)Nc1c(C)cccc1CC. The largest absolute Gasteiger partial charge is 0.492 e. The number of para-hydroxylation sites is 3. The van der Waals surface area contributed by atoms with E-state index in [-0.39, 0.29) is 22.8 Å². The fraction of sp³-hybridized carbons (Fsp3) is 0.364. The summed E-state index contributed by atoms with van der Waals surface area (Å²) in [6.07, 6.45) is 0.848. The molecule has 2 aromatic rings. The van der Waals surface area contributed by atoms with Gasteiger partial charge in [0, 0.05) is 5.69 Å². The summed E-state index contributed by atoms with van der Waals surface area (Å²) in [6, 6.07) is 13.3. The van der Waals surface area contributed by atoms with Crippen LogP contribution in [0.1, 0.15) is 31.9 Å². The number of carbonyl (C=O) groups excluding carboxylic acids is 2. The van der Waals surface area contributed by atoms with E-state index in [0.717, 1.165) is 23.2 Å². The highest BCUT2D eigenvalue weighted by Gasteiger charge is 2.18. The molecule has 2 rings (SSSR count). The fourth-order valence-electron chi connectivity index (χ4n) is 2.74. The molecule has 5 nitrogen and oxygen atoms in total. The molecule has 28 heavy (non-hydrogen) atoms. The normalized spacial score (nSPS) is 11.6. The van der Waals surface area contributed by atoms with Gasteiger partial charge in [0.25, 0.3) is 0 Å². The lowest BCUT2D eigenvalue weighted by atomic mass is 10.1. The van der Waals surface area contributed by atoms with E-state index in [1.54, 1.807) is 6.07 Å². The van der Waals surface area contributed by atoms with Crippen molar-refractivity contribution in [3.05, 3.63) is 53.6 Å². The number of rotatable bonds is 9. The minimum absolute atomic E-state index is 0.100. The second kappa shape index (κ2) is 10.8. The van der Waals surface area contributed by atoms with E-state index < -0.39 is 0 Å². The van der Waals surface area contributed by atoms with Gasteiger partial charge in [0.1, 0.15) is 5.75 Å². The van der Waals surface area contributed by atoms with Gasteiger partial charge >= 0.3 is 0 Å². The Labute approximate surface area is 171 Å². The first-order valence-electron chi connectivity index (χ1n) is 9.48. The van der Waals surface area contributed by atoms with Crippen LogP contribution in [0.25, 0.3) is 0 Å². The Hall–Kier alpha value is -2.47. The van der Waals surface area contributed by atoms with E-state index in [1.165, 1.54) is 11.8 Å². The van der Waals surface area contributed by atoms with Crippen molar-refractivity contribution in [1.82, 2.24) is 0 Å². The van der Waals surface area contributed by atoms with Crippen LogP contribution in [0.2, 0.25) is 0 Å². The summed E-state index contributed by atoms with van der Waals surface area (Å²) >= 11 is 1.30. The van der Waals surface area contributed by atoms with Gasteiger partial charge in [0.05, 0.1) is 23.3 Å². The average Bonchev–Trinajstić information content (AvgIpc) is 2.69. The molecule has 6 heteroatoms. The van der Waals surface area contributed by atoms with Crippen LogP contribution in [-0.4, -0.2) is 29.4 Å². The zero-order valence-electron chi connectivity index (χ0n) is 16.9. The molecule has 0 spiro atoms. The second-order valence-electron chi connectivity index (χ2n) is 6.38. The van der Waals surface area contributed by atoms with Gasteiger partial charge in [0.15, 0.2) is 0 Å². The minimum Gasteiger partial charge on any atom is -0.492 e. The smallest absolute Gasteiger partial charge is 0.237 e. The number of nitrogens with one attached hydrogen (secondary N) is 2. The van der Waals surface area contributed by atoms with Crippen LogP contribution in [0.3, 0.4) is 0 Å². The molecule has 0 heterocycles. The van der Waals surface area contributed by atoms with Crippen molar-refractivity contribution in [2.24, 2.45) is 0 Å². The van der Waals surface area contributed by atoms with Crippen LogP contribution < -0.4 is 15.4 Å². The highest BCUT2D eigenvalue weighted by atomic mass is 32.2. The number of anilines is 2. The molecule has 150 valence electrons. The van der Waals surface area contributed by atoms with Crippen molar-refractivity contribution in [3.8, 4) is 5.75 Å². The number of amides is 2. The standard InChI is InChI=1S/C22H28N2O3S/c1-5-17-11-9-10-15(3)21(17)24-22(26)16(4)28-14-20(25)23-18-12-7-8-13-19(18)27-6-2/h7-13,16H,5-6,14H2,1-4H3,(H,23,25)(H,24,26)/t16-/m1/s1.